The smallest absolute Gasteiger partial charge is 0.335 e. The molecule has 1 heterocycles. The largest absolute Gasteiger partial charge is 0.493 e. The van der Waals surface area contributed by atoms with Crippen LogP contribution >= 0.6 is 11.8 Å². The number of benzene rings is 2. The molecule has 2 aromatic rings. The van der Waals surface area contributed by atoms with Crippen molar-refractivity contribution in [3.05, 3.63) is 64.6 Å². The van der Waals surface area contributed by atoms with E-state index in [-0.39, 0.29) is 11.5 Å². The zero-order valence-corrected chi connectivity index (χ0v) is 16.2. The summed E-state index contributed by atoms with van der Waals surface area (Å²) in [6, 6.07) is 13.8. The Morgan fingerprint density at radius 3 is 2.86 bits per heavy atom. The van der Waals surface area contributed by atoms with Crippen LogP contribution in [0.5, 0.6) is 5.75 Å². The number of rotatable bonds is 7. The number of hydrogen-bond donors (Lipinski definition) is 2. The van der Waals surface area contributed by atoms with Gasteiger partial charge in [0, 0.05) is 5.56 Å². The number of carbonyl (C=O) groups is 2. The zero-order valence-electron chi connectivity index (χ0n) is 15.3. The van der Waals surface area contributed by atoms with Gasteiger partial charge in [0.15, 0.2) is 5.17 Å². The first-order valence-corrected chi connectivity index (χ1v) is 9.73. The van der Waals surface area contributed by atoms with E-state index in [4.69, 9.17) is 9.84 Å². The van der Waals surface area contributed by atoms with Crippen molar-refractivity contribution in [3.63, 3.8) is 0 Å². The Kier molecular flexibility index (Phi) is 6.49. The molecule has 2 aromatic carbocycles. The van der Waals surface area contributed by atoms with Crippen molar-refractivity contribution in [3.8, 4) is 5.75 Å². The highest BCUT2D eigenvalue weighted by molar-refractivity contribution is 8.18. The molecule has 0 radical (unpaired) electrons. The Bertz CT molecular complexity index is 953. The maximum atomic E-state index is 12.3. The maximum absolute atomic E-state index is 12.3. The summed E-state index contributed by atoms with van der Waals surface area (Å²) in [5.41, 5.74) is 1.43. The molecule has 0 saturated carbocycles. The van der Waals surface area contributed by atoms with Crippen LogP contribution in [-0.4, -0.2) is 28.8 Å². The van der Waals surface area contributed by atoms with E-state index in [1.54, 1.807) is 18.2 Å². The van der Waals surface area contributed by atoms with Crippen LogP contribution in [0.3, 0.4) is 0 Å². The number of aromatic carboxylic acids is 1. The van der Waals surface area contributed by atoms with Crippen LogP contribution < -0.4 is 10.1 Å². The first-order valence-electron chi connectivity index (χ1n) is 8.91. The van der Waals surface area contributed by atoms with E-state index in [1.807, 2.05) is 24.3 Å². The van der Waals surface area contributed by atoms with Crippen LogP contribution in [-0.2, 0) is 4.79 Å². The minimum atomic E-state index is -1.02. The van der Waals surface area contributed by atoms with Gasteiger partial charge in [-0.2, -0.15) is 0 Å². The summed E-state index contributed by atoms with van der Waals surface area (Å²) in [5, 5.41) is 12.2. The average molecular weight is 396 g/mol. The summed E-state index contributed by atoms with van der Waals surface area (Å²) in [6.07, 6.45) is 3.79. The van der Waals surface area contributed by atoms with Crippen molar-refractivity contribution in [2.75, 3.05) is 6.61 Å². The minimum absolute atomic E-state index is 0.144. The Balaban J connectivity index is 1.80. The predicted molar refractivity (Wildman–Crippen MR) is 111 cm³/mol. The molecule has 6 nitrogen and oxygen atoms in total. The highest BCUT2D eigenvalue weighted by Gasteiger charge is 2.24. The molecule has 0 spiro atoms. The second-order valence-corrected chi connectivity index (χ2v) is 7.11. The van der Waals surface area contributed by atoms with Crippen LogP contribution in [0.2, 0.25) is 0 Å². The number of ether oxygens (including phenoxy) is 1. The van der Waals surface area contributed by atoms with Crippen molar-refractivity contribution in [2.45, 2.75) is 19.8 Å². The van der Waals surface area contributed by atoms with Crippen LogP contribution in [0.15, 0.2) is 58.4 Å². The molecule has 1 fully saturated rings. The van der Waals surface area contributed by atoms with Crippen molar-refractivity contribution in [2.24, 2.45) is 4.99 Å². The molecule has 2 N–H and O–H groups in total. The molecular weight excluding hydrogens is 376 g/mol. The molecule has 0 bridgehead atoms. The van der Waals surface area contributed by atoms with Crippen LogP contribution in [0, 0.1) is 0 Å². The Labute approximate surface area is 167 Å². The highest BCUT2D eigenvalue weighted by Crippen LogP contribution is 2.30. The third-order valence-corrected chi connectivity index (χ3v) is 4.85. The summed E-state index contributed by atoms with van der Waals surface area (Å²) in [6.45, 7) is 2.73. The Morgan fingerprint density at radius 1 is 1.25 bits per heavy atom. The molecule has 0 atom stereocenters. The first-order chi connectivity index (χ1) is 13.6. The SMILES string of the molecule is CCCCOc1ccccc1/C=C1/SC(=Nc2cccc(C(=O)O)c2)NC1=O. The van der Waals surface area contributed by atoms with E-state index in [0.717, 1.165) is 24.2 Å². The number of nitrogens with zero attached hydrogens (tertiary/aromatic N) is 1. The van der Waals surface area contributed by atoms with E-state index >= 15 is 0 Å². The van der Waals surface area contributed by atoms with Gasteiger partial charge in [-0.05, 0) is 48.5 Å². The van der Waals surface area contributed by atoms with Crippen molar-refractivity contribution in [1.29, 1.82) is 0 Å². The summed E-state index contributed by atoms with van der Waals surface area (Å²) < 4.78 is 5.81. The monoisotopic (exact) mass is 396 g/mol. The normalized spacial score (nSPS) is 16.4. The number of carboxylic acid groups (broad SMARTS) is 1. The average Bonchev–Trinajstić information content (AvgIpc) is 3.02. The van der Waals surface area contributed by atoms with Gasteiger partial charge in [-0.15, -0.1) is 0 Å². The van der Waals surface area contributed by atoms with E-state index in [1.165, 1.54) is 23.9 Å². The number of nitrogens with one attached hydrogen (secondary N) is 1. The molecule has 144 valence electrons. The van der Waals surface area contributed by atoms with E-state index in [2.05, 4.69) is 17.2 Å². The number of amidine groups is 1. The van der Waals surface area contributed by atoms with Crippen LogP contribution in [0.1, 0.15) is 35.7 Å². The summed E-state index contributed by atoms with van der Waals surface area (Å²) in [4.78, 5) is 28.2. The lowest BCUT2D eigenvalue weighted by atomic mass is 10.2. The standard InChI is InChI=1S/C21H20N2O4S/c1-2-3-11-27-17-10-5-4-7-14(17)13-18-19(24)23-21(28-18)22-16-9-6-8-15(12-16)20(25)26/h4-10,12-13H,2-3,11H2,1H3,(H,25,26)(H,22,23,24)/b18-13+. The van der Waals surface area contributed by atoms with E-state index < -0.39 is 5.97 Å². The predicted octanol–water partition coefficient (Wildman–Crippen LogP) is 4.46. The lowest BCUT2D eigenvalue weighted by Crippen LogP contribution is -2.19. The highest BCUT2D eigenvalue weighted by atomic mass is 32.2. The van der Waals surface area contributed by atoms with Gasteiger partial charge in [-0.3, -0.25) is 4.79 Å². The van der Waals surface area contributed by atoms with Gasteiger partial charge in [-0.25, -0.2) is 9.79 Å². The maximum Gasteiger partial charge on any atom is 0.335 e. The number of hydrogen-bond acceptors (Lipinski definition) is 5. The third kappa shape index (κ3) is 5.01. The van der Waals surface area contributed by atoms with E-state index in [0.29, 0.717) is 22.4 Å². The van der Waals surface area contributed by atoms with Crippen molar-refractivity contribution in [1.82, 2.24) is 5.32 Å². The van der Waals surface area contributed by atoms with E-state index in [9.17, 15) is 9.59 Å². The van der Waals surface area contributed by atoms with Gasteiger partial charge >= 0.3 is 5.97 Å². The molecule has 3 rings (SSSR count). The minimum Gasteiger partial charge on any atom is -0.493 e. The second-order valence-electron chi connectivity index (χ2n) is 6.08. The fraction of sp³-hybridized carbons (Fsp3) is 0.190. The molecule has 1 saturated heterocycles. The lowest BCUT2D eigenvalue weighted by molar-refractivity contribution is -0.115. The summed E-state index contributed by atoms with van der Waals surface area (Å²) >= 11 is 1.21. The third-order valence-electron chi connectivity index (χ3n) is 3.94. The van der Waals surface area contributed by atoms with Crippen molar-refractivity contribution >= 4 is 40.6 Å². The molecule has 7 heteroatoms. The molecular formula is C21H20N2O4S. The molecule has 1 aliphatic heterocycles. The van der Waals surface area contributed by atoms with Gasteiger partial charge in [0.05, 0.1) is 22.8 Å². The van der Waals surface area contributed by atoms with Gasteiger partial charge in [0.25, 0.3) is 5.91 Å². The molecule has 0 aliphatic carbocycles. The number of carbonyl (C=O) groups excluding carboxylic acids is 1. The van der Waals surface area contributed by atoms with Gasteiger partial charge < -0.3 is 15.2 Å². The number of thioether (sulfide) groups is 1. The molecule has 1 amide bonds. The first kappa shape index (κ1) is 19.7. The Hall–Kier alpha value is -3.06. The number of unbranched alkanes of at least 4 members (excludes halogenated alkanes) is 1. The number of aliphatic imine (C=N–C) groups is 1. The fourth-order valence-corrected chi connectivity index (χ4v) is 3.34. The number of carboxylic acids is 1. The topological polar surface area (TPSA) is 88.0 Å². The Morgan fingerprint density at radius 2 is 2.07 bits per heavy atom. The number of amides is 1. The summed E-state index contributed by atoms with van der Waals surface area (Å²) in [7, 11) is 0. The summed E-state index contributed by atoms with van der Waals surface area (Å²) in [5.74, 6) is -0.539. The van der Waals surface area contributed by atoms with Gasteiger partial charge in [0.1, 0.15) is 5.75 Å². The molecule has 0 unspecified atom stereocenters. The molecule has 28 heavy (non-hydrogen) atoms. The zero-order chi connectivity index (χ0) is 19.9. The fourth-order valence-electron chi connectivity index (χ4n) is 2.51. The van der Waals surface area contributed by atoms with Gasteiger partial charge in [0.2, 0.25) is 0 Å². The van der Waals surface area contributed by atoms with Crippen LogP contribution in [0.4, 0.5) is 5.69 Å². The van der Waals surface area contributed by atoms with Crippen molar-refractivity contribution < 1.29 is 19.4 Å². The van der Waals surface area contributed by atoms with Gasteiger partial charge in [-0.1, -0.05) is 37.6 Å². The quantitative estimate of drug-likeness (QED) is 0.533. The number of para-hydroxylation sites is 1. The van der Waals surface area contributed by atoms with Crippen LogP contribution in [0.25, 0.3) is 6.08 Å². The molecule has 1 aliphatic rings. The second kappa shape index (κ2) is 9.23. The molecule has 0 aromatic heterocycles. The lowest BCUT2D eigenvalue weighted by Gasteiger charge is -2.08.